The van der Waals surface area contributed by atoms with Crippen LogP contribution < -0.4 is 14.5 Å². The van der Waals surface area contributed by atoms with E-state index in [4.69, 9.17) is 4.74 Å². The minimum absolute atomic E-state index is 0.338. The van der Waals surface area contributed by atoms with Crippen molar-refractivity contribution in [2.45, 2.75) is 18.9 Å². The Kier molecular flexibility index (Phi) is 4.09. The normalized spacial score (nSPS) is 17.7. The van der Waals surface area contributed by atoms with E-state index in [-0.39, 0.29) is 0 Å². The number of likely N-dealkylation sites (N-methyl/N-ethyl adjacent to an activating group) is 1. The van der Waals surface area contributed by atoms with Crippen molar-refractivity contribution in [1.82, 2.24) is 24.3 Å². The molecule has 3 aromatic heterocycles. The second-order valence-electron chi connectivity index (χ2n) is 6.18. The van der Waals surface area contributed by atoms with E-state index in [1.165, 1.54) is 6.33 Å². The number of piperidine rings is 1. The Morgan fingerprint density at radius 1 is 1.16 bits per heavy atom. The van der Waals surface area contributed by atoms with Gasteiger partial charge in [0, 0.05) is 57.0 Å². The van der Waals surface area contributed by atoms with E-state index in [0.29, 0.717) is 11.9 Å². The first-order valence-corrected chi connectivity index (χ1v) is 8.38. The van der Waals surface area contributed by atoms with Crippen molar-refractivity contribution in [3.63, 3.8) is 0 Å². The summed E-state index contributed by atoms with van der Waals surface area (Å²) in [5.41, 5.74) is 0.898. The number of fused-ring (bicyclic) bond motifs is 1. The Hall–Kier alpha value is -2.90. The molecular weight excluding hydrogens is 318 g/mol. The lowest BCUT2D eigenvalue weighted by molar-refractivity contribution is 0.396. The number of aromatic nitrogens is 5. The molecule has 3 aromatic rings. The summed E-state index contributed by atoms with van der Waals surface area (Å²) < 4.78 is 7.22. The van der Waals surface area contributed by atoms with E-state index in [0.717, 1.165) is 43.2 Å². The van der Waals surface area contributed by atoms with Crippen LogP contribution >= 0.6 is 0 Å². The SMILES string of the molecule is COc1cc(N(C)C2CCCN(c3nccn4ccnc34)C2)ncn1. The lowest BCUT2D eigenvalue weighted by Crippen LogP contribution is -2.47. The van der Waals surface area contributed by atoms with Crippen LogP contribution in [0.1, 0.15) is 12.8 Å². The van der Waals surface area contributed by atoms with Crippen LogP contribution in [0.5, 0.6) is 5.88 Å². The van der Waals surface area contributed by atoms with Crippen LogP contribution in [0.2, 0.25) is 0 Å². The van der Waals surface area contributed by atoms with Gasteiger partial charge in [-0.25, -0.2) is 19.9 Å². The standard InChI is InChI=1S/C17H21N7O/c1-22(14-10-15(25-2)21-12-20-14)13-4-3-7-24(11-13)17-16-18-5-8-23(16)9-6-19-17/h5-6,8-10,12-13H,3-4,7,11H2,1-2H3. The van der Waals surface area contributed by atoms with E-state index in [1.54, 1.807) is 13.3 Å². The summed E-state index contributed by atoms with van der Waals surface area (Å²) in [5.74, 6) is 2.38. The van der Waals surface area contributed by atoms with Gasteiger partial charge in [-0.1, -0.05) is 0 Å². The molecule has 1 aliphatic rings. The largest absolute Gasteiger partial charge is 0.481 e. The lowest BCUT2D eigenvalue weighted by atomic mass is 10.0. The third-order valence-corrected chi connectivity index (χ3v) is 4.73. The Morgan fingerprint density at radius 2 is 2.00 bits per heavy atom. The molecule has 0 saturated carbocycles. The number of imidazole rings is 1. The van der Waals surface area contributed by atoms with E-state index < -0.39 is 0 Å². The molecule has 0 radical (unpaired) electrons. The van der Waals surface area contributed by atoms with Gasteiger partial charge in [0.05, 0.1) is 7.11 Å². The topological polar surface area (TPSA) is 71.7 Å². The summed E-state index contributed by atoms with van der Waals surface area (Å²) in [6.45, 7) is 1.86. The minimum atomic E-state index is 0.338. The van der Waals surface area contributed by atoms with Gasteiger partial charge in [0.25, 0.3) is 0 Å². The fourth-order valence-corrected chi connectivity index (χ4v) is 3.35. The minimum Gasteiger partial charge on any atom is -0.481 e. The molecule has 8 nitrogen and oxygen atoms in total. The zero-order valence-corrected chi connectivity index (χ0v) is 14.4. The fraction of sp³-hybridized carbons (Fsp3) is 0.412. The van der Waals surface area contributed by atoms with E-state index in [9.17, 15) is 0 Å². The van der Waals surface area contributed by atoms with Gasteiger partial charge in [-0.05, 0) is 12.8 Å². The molecule has 4 rings (SSSR count). The monoisotopic (exact) mass is 339 g/mol. The highest BCUT2D eigenvalue weighted by Gasteiger charge is 2.26. The molecule has 1 aliphatic heterocycles. The molecule has 1 fully saturated rings. The molecule has 0 aliphatic carbocycles. The summed E-state index contributed by atoms with van der Waals surface area (Å²) in [7, 11) is 3.69. The van der Waals surface area contributed by atoms with Gasteiger partial charge in [-0.3, -0.25) is 0 Å². The maximum atomic E-state index is 5.21. The summed E-state index contributed by atoms with van der Waals surface area (Å²) in [4.78, 5) is 22.0. The zero-order chi connectivity index (χ0) is 17.2. The average molecular weight is 339 g/mol. The lowest BCUT2D eigenvalue weighted by Gasteiger charge is -2.38. The first-order valence-electron chi connectivity index (χ1n) is 8.38. The molecule has 0 bridgehead atoms. The van der Waals surface area contributed by atoms with Crippen molar-refractivity contribution in [1.29, 1.82) is 0 Å². The van der Waals surface area contributed by atoms with Crippen LogP contribution in [-0.2, 0) is 0 Å². The molecule has 8 heteroatoms. The van der Waals surface area contributed by atoms with Crippen molar-refractivity contribution in [3.05, 3.63) is 37.2 Å². The number of hydrogen-bond donors (Lipinski definition) is 0. The first-order chi connectivity index (χ1) is 12.3. The Labute approximate surface area is 146 Å². The highest BCUT2D eigenvalue weighted by molar-refractivity contribution is 5.64. The van der Waals surface area contributed by atoms with Crippen LogP contribution in [0, 0.1) is 0 Å². The molecule has 0 amide bonds. The Bertz CT molecular complexity index is 865. The molecule has 0 spiro atoms. The van der Waals surface area contributed by atoms with Gasteiger partial charge in [0.1, 0.15) is 12.1 Å². The average Bonchev–Trinajstić information content (AvgIpc) is 3.16. The summed E-state index contributed by atoms with van der Waals surface area (Å²) in [6, 6.07) is 2.21. The highest BCUT2D eigenvalue weighted by Crippen LogP contribution is 2.26. The molecule has 25 heavy (non-hydrogen) atoms. The van der Waals surface area contributed by atoms with E-state index in [1.807, 2.05) is 29.1 Å². The van der Waals surface area contributed by atoms with Gasteiger partial charge < -0.3 is 18.9 Å². The van der Waals surface area contributed by atoms with Crippen molar-refractivity contribution < 1.29 is 4.74 Å². The van der Waals surface area contributed by atoms with Crippen LogP contribution in [0.25, 0.3) is 5.65 Å². The molecule has 1 atom stereocenters. The van der Waals surface area contributed by atoms with Gasteiger partial charge in [-0.2, -0.15) is 0 Å². The summed E-state index contributed by atoms with van der Waals surface area (Å²) in [6.07, 6.45) is 11.2. The Morgan fingerprint density at radius 3 is 2.84 bits per heavy atom. The smallest absolute Gasteiger partial charge is 0.218 e. The predicted octanol–water partition coefficient (Wildman–Crippen LogP) is 1.63. The van der Waals surface area contributed by atoms with Crippen LogP contribution in [0.4, 0.5) is 11.6 Å². The van der Waals surface area contributed by atoms with Gasteiger partial charge in [0.2, 0.25) is 5.88 Å². The molecule has 0 N–H and O–H groups in total. The van der Waals surface area contributed by atoms with E-state index in [2.05, 4.69) is 36.8 Å². The maximum Gasteiger partial charge on any atom is 0.218 e. The van der Waals surface area contributed by atoms with Crippen LogP contribution in [0.3, 0.4) is 0 Å². The molecule has 4 heterocycles. The highest BCUT2D eigenvalue weighted by atomic mass is 16.5. The second kappa shape index (κ2) is 6.54. The van der Waals surface area contributed by atoms with E-state index >= 15 is 0 Å². The molecule has 1 saturated heterocycles. The summed E-state index contributed by atoms with van der Waals surface area (Å²) >= 11 is 0. The molecule has 0 aromatic carbocycles. The van der Waals surface area contributed by atoms with Crippen molar-refractivity contribution >= 4 is 17.3 Å². The quantitative estimate of drug-likeness (QED) is 0.715. The Balaban J connectivity index is 1.57. The summed E-state index contributed by atoms with van der Waals surface area (Å²) in [5, 5.41) is 0. The first kappa shape index (κ1) is 15.6. The predicted molar refractivity (Wildman–Crippen MR) is 95.2 cm³/mol. The van der Waals surface area contributed by atoms with Crippen LogP contribution in [-0.4, -0.2) is 57.6 Å². The molecule has 1 unspecified atom stereocenters. The number of anilines is 2. The second-order valence-corrected chi connectivity index (χ2v) is 6.18. The van der Waals surface area contributed by atoms with Gasteiger partial charge in [-0.15, -0.1) is 0 Å². The number of nitrogens with zero attached hydrogens (tertiary/aromatic N) is 7. The third-order valence-electron chi connectivity index (χ3n) is 4.73. The number of rotatable bonds is 4. The van der Waals surface area contributed by atoms with Crippen molar-refractivity contribution in [2.75, 3.05) is 37.0 Å². The molecular formula is C17H21N7O. The van der Waals surface area contributed by atoms with Crippen LogP contribution in [0.15, 0.2) is 37.2 Å². The van der Waals surface area contributed by atoms with Crippen molar-refractivity contribution in [3.8, 4) is 5.88 Å². The molecule has 130 valence electrons. The number of hydrogen-bond acceptors (Lipinski definition) is 7. The fourth-order valence-electron chi connectivity index (χ4n) is 3.35. The maximum absolute atomic E-state index is 5.21. The van der Waals surface area contributed by atoms with Gasteiger partial charge >= 0.3 is 0 Å². The number of methoxy groups -OCH3 is 1. The van der Waals surface area contributed by atoms with Gasteiger partial charge in [0.15, 0.2) is 11.5 Å². The number of ether oxygens (including phenoxy) is 1. The third kappa shape index (κ3) is 2.95. The zero-order valence-electron chi connectivity index (χ0n) is 14.4. The van der Waals surface area contributed by atoms with Crippen molar-refractivity contribution in [2.24, 2.45) is 0 Å².